The highest BCUT2D eigenvalue weighted by Gasteiger charge is 2.12. The molecule has 0 radical (unpaired) electrons. The third-order valence-corrected chi connectivity index (χ3v) is 3.66. The number of fused-ring (bicyclic) bond motifs is 1. The SMILES string of the molecule is CC(C)c1ccc(-c2cc(=O)c3c(O)cc(O)cc3o2)cc1. The zero-order valence-corrected chi connectivity index (χ0v) is 12.3. The Morgan fingerprint density at radius 1 is 1.00 bits per heavy atom. The van der Waals surface area contributed by atoms with Crippen molar-refractivity contribution in [2.75, 3.05) is 0 Å². The Bertz CT molecular complexity index is 889. The number of rotatable bonds is 2. The van der Waals surface area contributed by atoms with Gasteiger partial charge < -0.3 is 14.6 Å². The summed E-state index contributed by atoms with van der Waals surface area (Å²) in [6, 6.07) is 11.6. The lowest BCUT2D eigenvalue weighted by atomic mass is 10.0. The first kappa shape index (κ1) is 14.2. The van der Waals surface area contributed by atoms with E-state index in [0.29, 0.717) is 11.7 Å². The lowest BCUT2D eigenvalue weighted by molar-refractivity contribution is 0.452. The van der Waals surface area contributed by atoms with E-state index >= 15 is 0 Å². The minimum Gasteiger partial charge on any atom is -0.508 e. The van der Waals surface area contributed by atoms with Gasteiger partial charge in [0.1, 0.15) is 28.2 Å². The maximum atomic E-state index is 12.2. The van der Waals surface area contributed by atoms with Gasteiger partial charge in [-0.15, -0.1) is 0 Å². The van der Waals surface area contributed by atoms with Gasteiger partial charge in [-0.05, 0) is 11.5 Å². The fourth-order valence-corrected chi connectivity index (χ4v) is 2.43. The second-order valence-corrected chi connectivity index (χ2v) is 5.59. The van der Waals surface area contributed by atoms with Crippen LogP contribution in [-0.4, -0.2) is 10.2 Å². The van der Waals surface area contributed by atoms with Gasteiger partial charge in [-0.2, -0.15) is 0 Å². The van der Waals surface area contributed by atoms with E-state index in [2.05, 4.69) is 13.8 Å². The number of hydrogen-bond acceptors (Lipinski definition) is 4. The number of hydrogen-bond donors (Lipinski definition) is 2. The van der Waals surface area contributed by atoms with Crippen molar-refractivity contribution in [3.05, 3.63) is 58.3 Å². The Kier molecular flexibility index (Phi) is 3.37. The Morgan fingerprint density at radius 2 is 1.68 bits per heavy atom. The summed E-state index contributed by atoms with van der Waals surface area (Å²) in [6.45, 7) is 4.22. The lowest BCUT2D eigenvalue weighted by Crippen LogP contribution is -2.00. The molecule has 1 heterocycles. The van der Waals surface area contributed by atoms with Gasteiger partial charge in [0, 0.05) is 23.8 Å². The number of benzene rings is 2. The summed E-state index contributed by atoms with van der Waals surface area (Å²) in [5, 5.41) is 19.4. The molecule has 4 heteroatoms. The predicted molar refractivity (Wildman–Crippen MR) is 85.3 cm³/mol. The Hall–Kier alpha value is -2.75. The fraction of sp³-hybridized carbons (Fsp3) is 0.167. The molecule has 3 aromatic rings. The van der Waals surface area contributed by atoms with Crippen molar-refractivity contribution in [1.82, 2.24) is 0 Å². The van der Waals surface area contributed by atoms with Gasteiger partial charge >= 0.3 is 0 Å². The molecule has 0 fully saturated rings. The first-order valence-electron chi connectivity index (χ1n) is 7.06. The summed E-state index contributed by atoms with van der Waals surface area (Å²) in [7, 11) is 0. The van der Waals surface area contributed by atoms with E-state index in [1.54, 1.807) is 0 Å². The van der Waals surface area contributed by atoms with Crippen LogP contribution in [0.4, 0.5) is 0 Å². The molecule has 0 bridgehead atoms. The quantitative estimate of drug-likeness (QED) is 0.750. The number of phenols is 2. The molecule has 0 unspecified atom stereocenters. The monoisotopic (exact) mass is 296 g/mol. The molecule has 22 heavy (non-hydrogen) atoms. The van der Waals surface area contributed by atoms with Gasteiger partial charge in [-0.25, -0.2) is 0 Å². The molecule has 112 valence electrons. The number of phenolic OH excluding ortho intramolecular Hbond substituents is 2. The lowest BCUT2D eigenvalue weighted by Gasteiger charge is -2.08. The highest BCUT2D eigenvalue weighted by Crippen LogP contribution is 2.30. The molecule has 0 amide bonds. The Balaban J connectivity index is 2.17. The summed E-state index contributed by atoms with van der Waals surface area (Å²) < 4.78 is 5.67. The van der Waals surface area contributed by atoms with E-state index in [4.69, 9.17) is 4.42 Å². The van der Waals surface area contributed by atoms with Crippen LogP contribution in [0.2, 0.25) is 0 Å². The molecule has 0 aliphatic carbocycles. The minimum atomic E-state index is -0.346. The van der Waals surface area contributed by atoms with Crippen LogP contribution in [0, 0.1) is 0 Å². The van der Waals surface area contributed by atoms with Crippen LogP contribution in [0.15, 0.2) is 51.7 Å². The molecule has 3 rings (SSSR count). The van der Waals surface area contributed by atoms with Crippen molar-refractivity contribution in [2.24, 2.45) is 0 Å². The zero-order valence-electron chi connectivity index (χ0n) is 12.3. The largest absolute Gasteiger partial charge is 0.508 e. The van der Waals surface area contributed by atoms with Gasteiger partial charge in [-0.3, -0.25) is 4.79 Å². The molecule has 0 spiro atoms. The maximum Gasteiger partial charge on any atom is 0.197 e. The maximum absolute atomic E-state index is 12.2. The van der Waals surface area contributed by atoms with E-state index in [9.17, 15) is 15.0 Å². The van der Waals surface area contributed by atoms with Gasteiger partial charge in [0.25, 0.3) is 0 Å². The van der Waals surface area contributed by atoms with Gasteiger partial charge in [0.2, 0.25) is 0 Å². The molecule has 0 saturated heterocycles. The van der Waals surface area contributed by atoms with Gasteiger partial charge in [0.15, 0.2) is 5.43 Å². The standard InChI is InChI=1S/C18H16O4/c1-10(2)11-3-5-12(6-4-11)16-9-15(21)18-14(20)7-13(19)8-17(18)22-16/h3-10,19-20H,1-2H3. The first-order valence-corrected chi connectivity index (χ1v) is 7.06. The van der Waals surface area contributed by atoms with Crippen molar-refractivity contribution in [3.8, 4) is 22.8 Å². The molecule has 4 nitrogen and oxygen atoms in total. The molecule has 0 atom stereocenters. The van der Waals surface area contributed by atoms with Crippen LogP contribution in [-0.2, 0) is 0 Å². The Morgan fingerprint density at radius 3 is 2.32 bits per heavy atom. The van der Waals surface area contributed by atoms with E-state index in [0.717, 1.165) is 11.6 Å². The molecule has 1 aromatic heterocycles. The van der Waals surface area contributed by atoms with Crippen LogP contribution in [0.25, 0.3) is 22.3 Å². The molecular weight excluding hydrogens is 280 g/mol. The van der Waals surface area contributed by atoms with E-state index in [1.165, 1.54) is 17.7 Å². The van der Waals surface area contributed by atoms with Crippen LogP contribution in [0.1, 0.15) is 25.3 Å². The highest BCUT2D eigenvalue weighted by atomic mass is 16.3. The average Bonchev–Trinajstić information content (AvgIpc) is 2.46. The van der Waals surface area contributed by atoms with Crippen LogP contribution >= 0.6 is 0 Å². The first-order chi connectivity index (χ1) is 10.5. The number of aromatic hydroxyl groups is 2. The van der Waals surface area contributed by atoms with Crippen molar-refractivity contribution in [3.63, 3.8) is 0 Å². The van der Waals surface area contributed by atoms with E-state index < -0.39 is 0 Å². The van der Waals surface area contributed by atoms with Crippen molar-refractivity contribution >= 4 is 11.0 Å². The topological polar surface area (TPSA) is 70.7 Å². The highest BCUT2D eigenvalue weighted by molar-refractivity contribution is 5.85. The molecule has 2 aromatic carbocycles. The summed E-state index contributed by atoms with van der Waals surface area (Å²) in [4.78, 5) is 12.2. The summed E-state index contributed by atoms with van der Waals surface area (Å²) in [5.74, 6) is 0.385. The molecule has 0 aliphatic heterocycles. The molecule has 2 N–H and O–H groups in total. The van der Waals surface area contributed by atoms with Crippen LogP contribution < -0.4 is 5.43 Å². The smallest absolute Gasteiger partial charge is 0.197 e. The van der Waals surface area contributed by atoms with Crippen LogP contribution in [0.5, 0.6) is 11.5 Å². The normalized spacial score (nSPS) is 11.2. The van der Waals surface area contributed by atoms with Crippen LogP contribution in [0.3, 0.4) is 0 Å². The van der Waals surface area contributed by atoms with Crippen molar-refractivity contribution in [2.45, 2.75) is 19.8 Å². The van der Waals surface area contributed by atoms with Gasteiger partial charge in [0.05, 0.1) is 0 Å². The Labute approximate surface area is 127 Å². The van der Waals surface area contributed by atoms with E-state index in [-0.39, 0.29) is 27.9 Å². The van der Waals surface area contributed by atoms with Gasteiger partial charge in [-0.1, -0.05) is 38.1 Å². The minimum absolute atomic E-state index is 0.0698. The van der Waals surface area contributed by atoms with Crippen molar-refractivity contribution < 1.29 is 14.6 Å². The third-order valence-electron chi connectivity index (χ3n) is 3.66. The molecule has 0 aliphatic rings. The second-order valence-electron chi connectivity index (χ2n) is 5.59. The summed E-state index contributed by atoms with van der Waals surface area (Å²) >= 11 is 0. The average molecular weight is 296 g/mol. The third kappa shape index (κ3) is 2.44. The second kappa shape index (κ2) is 5.22. The molecule has 0 saturated carbocycles. The zero-order chi connectivity index (χ0) is 15.9. The van der Waals surface area contributed by atoms with Crippen molar-refractivity contribution in [1.29, 1.82) is 0 Å². The predicted octanol–water partition coefficient (Wildman–Crippen LogP) is 3.99. The summed E-state index contributed by atoms with van der Waals surface area (Å²) in [6.07, 6.45) is 0. The van der Waals surface area contributed by atoms with E-state index in [1.807, 2.05) is 24.3 Å². The summed E-state index contributed by atoms with van der Waals surface area (Å²) in [5.41, 5.74) is 1.78. The fourth-order valence-electron chi connectivity index (χ4n) is 2.43. The molecular formula is C18H16O4.